The standard InChI is InChI=1S/C20H23NO5S/c1-5-27-14-8-6-12(7-9-14)17-18(22)20(23)21(17)13-10-15(24-2)19(26-4)16(11-13)25-3/h6-11,17-18,22H,5H2,1-4H3/t17-,18-/m1/s1. The fraction of sp³-hybridized carbons (Fsp3) is 0.350. The minimum absolute atomic E-state index is 0.360. The normalized spacial score (nSPS) is 18.9. The second-order valence-corrected chi connectivity index (χ2v) is 7.32. The maximum atomic E-state index is 12.4. The van der Waals surface area contributed by atoms with E-state index in [0.717, 1.165) is 16.2 Å². The van der Waals surface area contributed by atoms with Crippen molar-refractivity contribution in [2.45, 2.75) is 24.0 Å². The fourth-order valence-corrected chi connectivity index (χ4v) is 3.89. The number of aliphatic hydroxyl groups excluding tert-OH is 1. The van der Waals surface area contributed by atoms with Crippen LogP contribution in [0.1, 0.15) is 18.5 Å². The number of carbonyl (C=O) groups is 1. The van der Waals surface area contributed by atoms with Crippen LogP contribution in [-0.2, 0) is 4.79 Å². The smallest absolute Gasteiger partial charge is 0.259 e. The number of benzene rings is 2. The molecule has 1 amide bonds. The molecular weight excluding hydrogens is 366 g/mol. The van der Waals surface area contributed by atoms with Gasteiger partial charge in [0, 0.05) is 17.0 Å². The van der Waals surface area contributed by atoms with Gasteiger partial charge in [-0.25, -0.2) is 0 Å². The van der Waals surface area contributed by atoms with Gasteiger partial charge >= 0.3 is 0 Å². The maximum Gasteiger partial charge on any atom is 0.259 e. The highest BCUT2D eigenvalue weighted by atomic mass is 32.2. The summed E-state index contributed by atoms with van der Waals surface area (Å²) in [7, 11) is 4.57. The average Bonchev–Trinajstić information content (AvgIpc) is 2.71. The van der Waals surface area contributed by atoms with Crippen molar-refractivity contribution >= 4 is 23.4 Å². The number of anilines is 1. The molecule has 6 nitrogen and oxygen atoms in total. The van der Waals surface area contributed by atoms with Gasteiger partial charge in [0.1, 0.15) is 0 Å². The molecule has 1 saturated heterocycles. The molecule has 27 heavy (non-hydrogen) atoms. The Morgan fingerprint density at radius 2 is 1.63 bits per heavy atom. The fourth-order valence-electron chi connectivity index (χ4n) is 3.23. The van der Waals surface area contributed by atoms with Crippen LogP contribution in [0.2, 0.25) is 0 Å². The largest absolute Gasteiger partial charge is 0.493 e. The van der Waals surface area contributed by atoms with Crippen LogP contribution in [0.25, 0.3) is 0 Å². The predicted molar refractivity (Wildman–Crippen MR) is 105 cm³/mol. The number of thioether (sulfide) groups is 1. The van der Waals surface area contributed by atoms with E-state index in [2.05, 4.69) is 6.92 Å². The third-order valence-electron chi connectivity index (χ3n) is 4.53. The van der Waals surface area contributed by atoms with Gasteiger partial charge in [-0.3, -0.25) is 9.69 Å². The number of β-lactam (4-membered cyclic amide) rings is 1. The van der Waals surface area contributed by atoms with Gasteiger partial charge < -0.3 is 19.3 Å². The topological polar surface area (TPSA) is 68.2 Å². The van der Waals surface area contributed by atoms with Gasteiger partial charge in [0.15, 0.2) is 17.6 Å². The highest BCUT2D eigenvalue weighted by molar-refractivity contribution is 7.99. The first kappa shape index (κ1) is 19.4. The maximum absolute atomic E-state index is 12.4. The van der Waals surface area contributed by atoms with Crippen LogP contribution in [0, 0.1) is 0 Å². The molecule has 0 radical (unpaired) electrons. The van der Waals surface area contributed by atoms with Crippen LogP contribution in [0.4, 0.5) is 5.69 Å². The lowest BCUT2D eigenvalue weighted by Crippen LogP contribution is -2.59. The number of nitrogens with zero attached hydrogens (tertiary/aromatic N) is 1. The van der Waals surface area contributed by atoms with Gasteiger partial charge in [0.05, 0.1) is 33.1 Å². The third kappa shape index (κ3) is 3.44. The molecule has 0 spiro atoms. The molecule has 1 N–H and O–H groups in total. The third-order valence-corrected chi connectivity index (χ3v) is 5.42. The van der Waals surface area contributed by atoms with E-state index < -0.39 is 12.1 Å². The Balaban J connectivity index is 1.98. The molecular formula is C20H23NO5S. The molecule has 0 saturated carbocycles. The quantitative estimate of drug-likeness (QED) is 0.579. The highest BCUT2D eigenvalue weighted by Gasteiger charge is 2.48. The zero-order valence-electron chi connectivity index (χ0n) is 15.8. The number of carbonyl (C=O) groups excluding carboxylic acids is 1. The molecule has 2 aromatic rings. The second-order valence-electron chi connectivity index (χ2n) is 5.98. The average molecular weight is 389 g/mol. The van der Waals surface area contributed by atoms with Crippen molar-refractivity contribution in [3.8, 4) is 17.2 Å². The van der Waals surface area contributed by atoms with Crippen molar-refractivity contribution < 1.29 is 24.1 Å². The molecule has 1 fully saturated rings. The Morgan fingerprint density at radius 3 is 2.11 bits per heavy atom. The van der Waals surface area contributed by atoms with Gasteiger partial charge in [-0.05, 0) is 23.4 Å². The van der Waals surface area contributed by atoms with E-state index in [1.54, 1.807) is 28.8 Å². The summed E-state index contributed by atoms with van der Waals surface area (Å²) in [6, 6.07) is 10.9. The summed E-state index contributed by atoms with van der Waals surface area (Å²) in [6.45, 7) is 2.10. The van der Waals surface area contributed by atoms with Crippen LogP contribution in [0.15, 0.2) is 41.3 Å². The summed E-state index contributed by atoms with van der Waals surface area (Å²) in [4.78, 5) is 15.1. The Morgan fingerprint density at radius 1 is 1.04 bits per heavy atom. The first-order chi connectivity index (χ1) is 13.0. The number of ether oxygens (including phenoxy) is 3. The predicted octanol–water partition coefficient (Wildman–Crippen LogP) is 3.27. The zero-order valence-corrected chi connectivity index (χ0v) is 16.6. The van der Waals surface area contributed by atoms with Crippen LogP contribution < -0.4 is 19.1 Å². The van der Waals surface area contributed by atoms with Gasteiger partial charge in [0.25, 0.3) is 5.91 Å². The highest BCUT2D eigenvalue weighted by Crippen LogP contribution is 2.46. The van der Waals surface area contributed by atoms with Crippen LogP contribution in [0.3, 0.4) is 0 Å². The first-order valence-electron chi connectivity index (χ1n) is 8.59. The molecule has 7 heteroatoms. The summed E-state index contributed by atoms with van der Waals surface area (Å²) in [6.07, 6.45) is -1.08. The Bertz CT molecular complexity index is 799. The molecule has 3 rings (SSSR count). The number of aliphatic hydroxyl groups is 1. The van der Waals surface area contributed by atoms with Crippen LogP contribution in [-0.4, -0.2) is 44.2 Å². The molecule has 0 bridgehead atoms. The van der Waals surface area contributed by atoms with E-state index in [9.17, 15) is 9.90 Å². The van der Waals surface area contributed by atoms with Gasteiger partial charge in [0.2, 0.25) is 5.75 Å². The van der Waals surface area contributed by atoms with Gasteiger partial charge in [-0.1, -0.05) is 19.1 Å². The molecule has 0 aromatic heterocycles. The van der Waals surface area contributed by atoms with Crippen molar-refractivity contribution in [2.75, 3.05) is 32.0 Å². The molecule has 2 aromatic carbocycles. The molecule has 0 unspecified atom stereocenters. The zero-order chi connectivity index (χ0) is 19.6. The number of hydrogen-bond donors (Lipinski definition) is 1. The number of methoxy groups -OCH3 is 3. The van der Waals surface area contributed by atoms with Crippen molar-refractivity contribution in [1.29, 1.82) is 0 Å². The molecule has 1 aliphatic heterocycles. The number of hydrogen-bond acceptors (Lipinski definition) is 6. The molecule has 1 aliphatic rings. The summed E-state index contributed by atoms with van der Waals surface area (Å²) in [5.74, 6) is 1.99. The lowest BCUT2D eigenvalue weighted by molar-refractivity contribution is -0.137. The van der Waals surface area contributed by atoms with Crippen molar-refractivity contribution in [3.63, 3.8) is 0 Å². The summed E-state index contributed by atoms with van der Waals surface area (Å²) < 4.78 is 16.1. The van der Waals surface area contributed by atoms with Crippen molar-refractivity contribution in [1.82, 2.24) is 0 Å². The Hall–Kier alpha value is -2.38. The number of rotatable bonds is 7. The second kappa shape index (κ2) is 8.10. The lowest BCUT2D eigenvalue weighted by Gasteiger charge is -2.44. The molecule has 2 atom stereocenters. The summed E-state index contributed by atoms with van der Waals surface area (Å²) in [5, 5.41) is 10.3. The van der Waals surface area contributed by atoms with Gasteiger partial charge in [-0.2, -0.15) is 0 Å². The van der Waals surface area contributed by atoms with E-state index in [-0.39, 0.29) is 5.91 Å². The monoisotopic (exact) mass is 389 g/mol. The van der Waals surface area contributed by atoms with Crippen LogP contribution in [0.5, 0.6) is 17.2 Å². The summed E-state index contributed by atoms with van der Waals surface area (Å²) >= 11 is 1.74. The van der Waals surface area contributed by atoms with Crippen LogP contribution >= 0.6 is 11.8 Å². The van der Waals surface area contributed by atoms with Crippen molar-refractivity contribution in [3.05, 3.63) is 42.0 Å². The molecule has 0 aliphatic carbocycles. The first-order valence-corrected chi connectivity index (χ1v) is 9.58. The lowest BCUT2D eigenvalue weighted by atomic mass is 9.90. The Kier molecular flexibility index (Phi) is 5.82. The number of amides is 1. The van der Waals surface area contributed by atoms with E-state index >= 15 is 0 Å². The van der Waals surface area contributed by atoms with Crippen molar-refractivity contribution in [2.24, 2.45) is 0 Å². The van der Waals surface area contributed by atoms with E-state index in [0.29, 0.717) is 22.9 Å². The minimum atomic E-state index is -1.08. The molecule has 1 heterocycles. The Labute approximate surface area is 163 Å². The molecule has 144 valence electrons. The summed E-state index contributed by atoms with van der Waals surface area (Å²) in [5.41, 5.74) is 1.45. The van der Waals surface area contributed by atoms with E-state index in [4.69, 9.17) is 14.2 Å². The van der Waals surface area contributed by atoms with Gasteiger partial charge in [-0.15, -0.1) is 11.8 Å². The minimum Gasteiger partial charge on any atom is -0.493 e. The SMILES string of the molecule is CCSc1ccc([C@@H]2[C@@H](O)C(=O)N2c2cc(OC)c(OC)c(OC)c2)cc1. The van der Waals surface area contributed by atoms with E-state index in [1.807, 2.05) is 24.3 Å². The van der Waals surface area contributed by atoms with E-state index in [1.165, 1.54) is 21.3 Å².